The molecule has 18 nitrogen and oxygen atoms in total. The van der Waals surface area contributed by atoms with E-state index >= 15 is 0 Å². The van der Waals surface area contributed by atoms with E-state index in [-0.39, 0.29) is 115 Å². The molecule has 0 saturated carbocycles. The number of hydrogen-bond acceptors (Lipinski definition) is 14. The normalized spacial score (nSPS) is 11.7. The molecule has 55 heavy (non-hydrogen) atoms. The summed E-state index contributed by atoms with van der Waals surface area (Å²) in [5.74, 6) is -0.605. The Morgan fingerprint density at radius 2 is 0.891 bits per heavy atom. The average molecular weight is 815 g/mol. The standard InChI is InChI=1S/2C17H13N3O6S.Ca/c2*1-10-5-7-13(14(9-10)20(22)23)18-19-17-12-3-2-4-16(27(24,25)26)11(12)6-8-15(17)21;/h2*2-9H,1H3,(H2-,18,21,22,23,24,25,26);/q;;+2. The molecule has 0 aliphatic carbocycles. The van der Waals surface area contributed by atoms with E-state index in [1.807, 2.05) is 0 Å². The van der Waals surface area contributed by atoms with Gasteiger partial charge in [-0.15, -0.1) is 20.5 Å². The Kier molecular flexibility index (Phi) is 13.0. The van der Waals surface area contributed by atoms with Gasteiger partial charge in [-0.05, 0) is 73.5 Å². The minimum atomic E-state index is -4.73. The van der Waals surface area contributed by atoms with E-state index in [9.17, 15) is 56.4 Å². The number of aromatic hydroxyl groups is 2. The number of phenolic OH excluding ortho intramolecular Hbond substituents is 2. The van der Waals surface area contributed by atoms with Crippen molar-refractivity contribution in [2.45, 2.75) is 23.6 Å². The van der Waals surface area contributed by atoms with E-state index in [1.165, 1.54) is 72.8 Å². The molecule has 0 atom stereocenters. The zero-order valence-electron chi connectivity index (χ0n) is 28.5. The summed E-state index contributed by atoms with van der Waals surface area (Å²) in [6.07, 6.45) is 0. The summed E-state index contributed by atoms with van der Waals surface area (Å²) in [7, 11) is -9.47. The fraction of sp³-hybridized carbons (Fsp3) is 0.0588. The van der Waals surface area contributed by atoms with Gasteiger partial charge in [0.05, 0.1) is 19.6 Å². The monoisotopic (exact) mass is 814 g/mol. The molecule has 0 aromatic heterocycles. The van der Waals surface area contributed by atoms with E-state index in [0.717, 1.165) is 12.1 Å². The Balaban J connectivity index is 0.000000240. The third kappa shape index (κ3) is 9.61. The fourth-order valence-electron chi connectivity index (χ4n) is 5.20. The van der Waals surface area contributed by atoms with Crippen molar-refractivity contribution in [3.8, 4) is 11.5 Å². The molecular formula is C34H26CaN6O12S2+2. The molecule has 4 N–H and O–H groups in total. The van der Waals surface area contributed by atoms with Crippen LogP contribution in [0.25, 0.3) is 21.5 Å². The van der Waals surface area contributed by atoms with Crippen LogP contribution in [0, 0.1) is 23.7 Å². The summed E-state index contributed by atoms with van der Waals surface area (Å²) in [6.45, 7) is 3.44. The smallest absolute Gasteiger partial charge is 0.744 e. The third-order valence-electron chi connectivity index (χ3n) is 7.67. The van der Waals surface area contributed by atoms with Crippen LogP contribution in [0.15, 0.2) is 127 Å². The largest absolute Gasteiger partial charge is 2.00 e. The molecular weight excluding hydrogens is 789 g/mol. The van der Waals surface area contributed by atoms with E-state index in [2.05, 4.69) is 20.5 Å². The summed E-state index contributed by atoms with van der Waals surface area (Å²) in [5, 5.41) is 54.7. The van der Waals surface area contributed by atoms with Crippen LogP contribution in [0.3, 0.4) is 0 Å². The zero-order chi connectivity index (χ0) is 39.5. The number of nitrogens with zero attached hydrogens (tertiary/aromatic N) is 6. The van der Waals surface area contributed by atoms with Crippen LogP contribution >= 0.6 is 0 Å². The van der Waals surface area contributed by atoms with Gasteiger partial charge in [0, 0.05) is 33.7 Å². The van der Waals surface area contributed by atoms with E-state index in [0.29, 0.717) is 11.1 Å². The molecule has 0 spiro atoms. The number of azo groups is 2. The van der Waals surface area contributed by atoms with Crippen LogP contribution in [0.5, 0.6) is 11.5 Å². The first-order valence-electron chi connectivity index (χ1n) is 15.1. The third-order valence-corrected chi connectivity index (χ3v) is 9.46. The number of phenols is 2. The van der Waals surface area contributed by atoms with Crippen molar-refractivity contribution < 1.29 is 56.4 Å². The van der Waals surface area contributed by atoms with E-state index in [1.54, 1.807) is 26.0 Å². The molecule has 0 saturated heterocycles. The van der Waals surface area contributed by atoms with Crippen molar-refractivity contribution >= 4 is 114 Å². The van der Waals surface area contributed by atoms with Crippen LogP contribution in [0.2, 0.25) is 0 Å². The Hall–Kier alpha value is -5.48. The van der Waals surface area contributed by atoms with Gasteiger partial charge in [0.1, 0.15) is 43.1 Å². The molecule has 0 unspecified atom stereocenters. The molecule has 0 aliphatic heterocycles. The second-order valence-electron chi connectivity index (χ2n) is 11.4. The molecule has 276 valence electrons. The zero-order valence-corrected chi connectivity index (χ0v) is 32.3. The van der Waals surface area contributed by atoms with Crippen molar-refractivity contribution in [1.82, 2.24) is 0 Å². The number of aryl methyl sites for hydroxylation is 2. The van der Waals surface area contributed by atoms with Crippen LogP contribution in [-0.4, -0.2) is 94.2 Å². The summed E-state index contributed by atoms with van der Waals surface area (Å²) < 4.78 is 68.6. The fourth-order valence-corrected chi connectivity index (χ4v) is 6.58. The van der Waals surface area contributed by atoms with Crippen LogP contribution in [0.1, 0.15) is 11.1 Å². The van der Waals surface area contributed by atoms with Gasteiger partial charge in [0.15, 0.2) is 11.4 Å². The van der Waals surface area contributed by atoms with Gasteiger partial charge in [-0.1, -0.05) is 36.4 Å². The molecule has 0 heterocycles. The maximum Gasteiger partial charge on any atom is 2.00 e. The molecule has 0 amide bonds. The molecule has 0 aliphatic rings. The maximum absolute atomic E-state index is 11.4. The summed E-state index contributed by atoms with van der Waals surface area (Å²) in [4.78, 5) is 21.0. The Morgan fingerprint density at radius 1 is 0.527 bits per heavy atom. The van der Waals surface area contributed by atoms with Crippen molar-refractivity contribution in [1.29, 1.82) is 0 Å². The van der Waals surface area contributed by atoms with Gasteiger partial charge >= 0.3 is 49.1 Å². The molecule has 0 radical (unpaired) electrons. The molecule has 0 fully saturated rings. The topological polar surface area (TPSA) is 285 Å². The van der Waals surface area contributed by atoms with Gasteiger partial charge in [-0.2, -0.15) is 0 Å². The van der Waals surface area contributed by atoms with Gasteiger partial charge < -0.3 is 19.3 Å². The summed E-state index contributed by atoms with van der Waals surface area (Å²) >= 11 is 0. The molecule has 21 heteroatoms. The van der Waals surface area contributed by atoms with Crippen molar-refractivity contribution in [3.05, 3.63) is 118 Å². The Morgan fingerprint density at radius 3 is 1.22 bits per heavy atom. The molecule has 6 aromatic carbocycles. The van der Waals surface area contributed by atoms with Gasteiger partial charge in [-0.3, -0.25) is 0 Å². The van der Waals surface area contributed by atoms with E-state index in [4.69, 9.17) is 0 Å². The van der Waals surface area contributed by atoms with Crippen molar-refractivity contribution in [2.24, 2.45) is 20.5 Å². The molecule has 6 aromatic rings. The van der Waals surface area contributed by atoms with Crippen molar-refractivity contribution in [2.75, 3.05) is 0 Å². The van der Waals surface area contributed by atoms with Crippen molar-refractivity contribution in [3.63, 3.8) is 0 Å². The minimum absolute atomic E-state index is 0. The second-order valence-corrected chi connectivity index (χ2v) is 14.1. The van der Waals surface area contributed by atoms with Crippen LogP contribution < -0.4 is 0 Å². The molecule has 0 bridgehead atoms. The second kappa shape index (κ2) is 16.9. The number of hydrogen-bond donors (Lipinski definition) is 4. The van der Waals surface area contributed by atoms with E-state index < -0.39 is 30.0 Å². The first-order chi connectivity index (χ1) is 25.4. The minimum Gasteiger partial charge on any atom is -0.744 e. The van der Waals surface area contributed by atoms with Crippen LogP contribution in [-0.2, 0) is 20.2 Å². The first kappa shape index (κ1) is 42.3. The maximum atomic E-state index is 11.4. The Bertz CT molecular complexity index is 2610. The summed E-state index contributed by atoms with van der Waals surface area (Å²) in [5.41, 5.74) is 1.00. The number of fused-ring (bicyclic) bond motifs is 2. The molecule has 6 rings (SSSR count). The average Bonchev–Trinajstić information content (AvgIpc) is 3.10. The van der Waals surface area contributed by atoms with Gasteiger partial charge in [0.25, 0.3) is 9.85 Å². The first-order valence-corrected chi connectivity index (χ1v) is 18.0. The quantitative estimate of drug-likeness (QED) is 0.0501. The van der Waals surface area contributed by atoms with Crippen LogP contribution in [0.4, 0.5) is 34.1 Å². The SMILES string of the molecule is Cc1ccc(N=Nc2c(O)ccc3c(S(=O)(=O)[O-])cccc23)c([N+](=O)O)c1.Cc1ccc(N=Nc2c(O)ccc3c(S(=O)(=O)[O-])cccc23)c([N+](=O)O)c1.[Ca+2]. The summed E-state index contributed by atoms with van der Waals surface area (Å²) in [6, 6.07) is 21.9. The number of benzene rings is 6. The van der Waals surface area contributed by atoms with Gasteiger partial charge in [0.2, 0.25) is 0 Å². The predicted octanol–water partition coefficient (Wildman–Crippen LogP) is 7.57. The van der Waals surface area contributed by atoms with Gasteiger partial charge in [-0.25, -0.2) is 27.3 Å². The number of rotatable bonds is 8. The Labute approximate surface area is 341 Å². The predicted molar refractivity (Wildman–Crippen MR) is 194 cm³/mol.